The number of amides is 1. The molecule has 0 spiro atoms. The van der Waals surface area contributed by atoms with Crippen molar-refractivity contribution in [2.45, 2.75) is 4.90 Å². The molecule has 0 unspecified atom stereocenters. The zero-order chi connectivity index (χ0) is 23.6. The summed E-state index contributed by atoms with van der Waals surface area (Å²) in [4.78, 5) is 30.0. The van der Waals surface area contributed by atoms with Crippen molar-refractivity contribution in [1.29, 1.82) is 0 Å². The lowest BCUT2D eigenvalue weighted by atomic mass is 10.2. The zero-order valence-electron chi connectivity index (χ0n) is 17.1. The highest BCUT2D eigenvalue weighted by atomic mass is 32.2. The molecule has 11 nitrogen and oxygen atoms in total. The number of carbonyl (C=O) groups is 1. The van der Waals surface area contributed by atoms with Gasteiger partial charge in [0.2, 0.25) is 5.95 Å². The van der Waals surface area contributed by atoms with Gasteiger partial charge in [0.25, 0.3) is 21.6 Å². The number of para-hydroxylation sites is 2. The lowest BCUT2D eigenvalue weighted by molar-refractivity contribution is -0.384. The third-order valence-corrected chi connectivity index (χ3v) is 6.07. The number of nitrogens with zero attached hydrogens (tertiary/aromatic N) is 2. The molecule has 33 heavy (non-hydrogen) atoms. The summed E-state index contributed by atoms with van der Waals surface area (Å²) in [5.41, 5.74) is 1.28. The molecule has 0 saturated carbocycles. The molecule has 0 atom stereocenters. The van der Waals surface area contributed by atoms with Crippen molar-refractivity contribution in [2.75, 3.05) is 17.1 Å². The maximum absolute atomic E-state index is 12.8. The Labute approximate surface area is 187 Å². The molecule has 168 valence electrons. The number of fused-ring (bicyclic) bond motifs is 1. The van der Waals surface area contributed by atoms with Crippen molar-refractivity contribution >= 4 is 44.3 Å². The Morgan fingerprint density at radius 1 is 1.09 bits per heavy atom. The lowest BCUT2D eigenvalue weighted by Crippen LogP contribution is -2.15. The quantitative estimate of drug-likeness (QED) is 0.277. The van der Waals surface area contributed by atoms with Gasteiger partial charge in [-0.2, -0.15) is 0 Å². The number of nitro groups is 1. The minimum Gasteiger partial charge on any atom is -0.495 e. The molecule has 3 N–H and O–H groups in total. The van der Waals surface area contributed by atoms with Crippen LogP contribution in [0.25, 0.3) is 11.0 Å². The highest BCUT2D eigenvalue weighted by Crippen LogP contribution is 2.31. The van der Waals surface area contributed by atoms with Crippen LogP contribution in [0.5, 0.6) is 5.75 Å². The van der Waals surface area contributed by atoms with Gasteiger partial charge in [-0.25, -0.2) is 13.4 Å². The van der Waals surface area contributed by atoms with Crippen molar-refractivity contribution in [3.8, 4) is 5.75 Å². The number of imidazole rings is 1. The van der Waals surface area contributed by atoms with Gasteiger partial charge in [0.15, 0.2) is 0 Å². The molecule has 0 aliphatic carbocycles. The topological polar surface area (TPSA) is 156 Å². The molecule has 0 aliphatic rings. The first kappa shape index (κ1) is 21.8. The number of carbonyl (C=O) groups excluding carboxylic acids is 1. The van der Waals surface area contributed by atoms with Crippen LogP contribution < -0.4 is 14.8 Å². The van der Waals surface area contributed by atoms with E-state index in [0.29, 0.717) is 5.52 Å². The van der Waals surface area contributed by atoms with Gasteiger partial charge < -0.3 is 9.72 Å². The van der Waals surface area contributed by atoms with Crippen molar-refractivity contribution in [1.82, 2.24) is 9.97 Å². The molecular weight excluding hydrogens is 450 g/mol. The van der Waals surface area contributed by atoms with Crippen LogP contribution in [-0.2, 0) is 10.0 Å². The predicted octanol–water partition coefficient (Wildman–Crippen LogP) is 3.53. The van der Waals surface area contributed by atoms with Crippen molar-refractivity contribution in [2.24, 2.45) is 0 Å². The Balaban J connectivity index is 1.52. The largest absolute Gasteiger partial charge is 0.495 e. The first-order chi connectivity index (χ1) is 15.8. The zero-order valence-corrected chi connectivity index (χ0v) is 17.9. The maximum atomic E-state index is 12.8. The van der Waals surface area contributed by atoms with Crippen molar-refractivity contribution < 1.29 is 22.9 Å². The van der Waals surface area contributed by atoms with Gasteiger partial charge >= 0.3 is 0 Å². The molecule has 0 aliphatic heterocycles. The Kier molecular flexibility index (Phi) is 5.67. The first-order valence-electron chi connectivity index (χ1n) is 9.48. The van der Waals surface area contributed by atoms with Crippen LogP contribution in [0, 0.1) is 10.1 Å². The van der Waals surface area contributed by atoms with Gasteiger partial charge in [0.05, 0.1) is 33.6 Å². The second kappa shape index (κ2) is 8.59. The summed E-state index contributed by atoms with van der Waals surface area (Å²) < 4.78 is 32.9. The number of benzene rings is 3. The van der Waals surface area contributed by atoms with E-state index in [1.54, 1.807) is 6.07 Å². The minimum atomic E-state index is -4.11. The van der Waals surface area contributed by atoms with Crippen LogP contribution >= 0.6 is 0 Å². The Morgan fingerprint density at radius 2 is 1.82 bits per heavy atom. The normalized spacial score (nSPS) is 11.2. The number of sulfonamides is 1. The number of non-ortho nitro benzene ring substituents is 1. The SMILES string of the molecule is COc1ccc([N+](=O)[O-])cc1NS(=O)(=O)c1ccc(C(=O)Nc2nc3ccccc3[nH]2)cc1. The molecule has 0 bridgehead atoms. The van der Waals surface area contributed by atoms with E-state index in [0.717, 1.165) is 11.6 Å². The average Bonchev–Trinajstić information content (AvgIpc) is 3.21. The number of nitro benzene ring substituents is 1. The minimum absolute atomic E-state index is 0.0848. The molecule has 4 rings (SSSR count). The fraction of sp³-hybridized carbons (Fsp3) is 0.0476. The highest BCUT2D eigenvalue weighted by molar-refractivity contribution is 7.92. The molecule has 0 radical (unpaired) electrons. The van der Waals surface area contributed by atoms with Crippen LogP contribution in [0.2, 0.25) is 0 Å². The number of methoxy groups -OCH3 is 1. The van der Waals surface area contributed by atoms with E-state index < -0.39 is 20.9 Å². The lowest BCUT2D eigenvalue weighted by Gasteiger charge is -2.12. The number of aromatic amines is 1. The molecule has 4 aromatic rings. The molecule has 1 heterocycles. The van der Waals surface area contributed by atoms with Crippen LogP contribution in [0.3, 0.4) is 0 Å². The van der Waals surface area contributed by atoms with Gasteiger partial charge in [-0.1, -0.05) is 12.1 Å². The highest BCUT2D eigenvalue weighted by Gasteiger charge is 2.20. The Morgan fingerprint density at radius 3 is 2.48 bits per heavy atom. The van der Waals surface area contributed by atoms with Crippen LogP contribution in [-0.4, -0.2) is 36.3 Å². The number of rotatable bonds is 7. The van der Waals surface area contributed by atoms with E-state index in [1.165, 1.54) is 43.5 Å². The standard InChI is InChI=1S/C21H17N5O6S/c1-32-19-11-8-14(26(28)29)12-18(19)25-33(30,31)15-9-6-13(7-10-15)20(27)24-21-22-16-4-2-3-5-17(16)23-21/h2-12,25H,1H3,(H2,22,23,24,27). The maximum Gasteiger partial charge on any atom is 0.271 e. The molecular formula is C21H17N5O6S. The summed E-state index contributed by atoms with van der Waals surface area (Å²) in [5, 5.41) is 13.6. The second-order valence-electron chi connectivity index (χ2n) is 6.83. The van der Waals surface area contributed by atoms with E-state index in [1.807, 2.05) is 18.2 Å². The third kappa shape index (κ3) is 4.60. The smallest absolute Gasteiger partial charge is 0.271 e. The van der Waals surface area contributed by atoms with Crippen LogP contribution in [0.4, 0.5) is 17.3 Å². The number of nitrogens with one attached hydrogen (secondary N) is 3. The second-order valence-corrected chi connectivity index (χ2v) is 8.51. The van der Waals surface area contributed by atoms with E-state index >= 15 is 0 Å². The molecule has 0 fully saturated rings. The number of hydrogen-bond donors (Lipinski definition) is 3. The van der Waals surface area contributed by atoms with Gasteiger partial charge in [-0.05, 0) is 42.5 Å². The van der Waals surface area contributed by atoms with E-state index in [9.17, 15) is 23.3 Å². The van der Waals surface area contributed by atoms with Crippen LogP contribution in [0.1, 0.15) is 10.4 Å². The molecule has 0 saturated heterocycles. The summed E-state index contributed by atoms with van der Waals surface area (Å²) in [6.07, 6.45) is 0. The summed E-state index contributed by atoms with van der Waals surface area (Å²) in [5.74, 6) is -0.102. The Bertz CT molecular complexity index is 1430. The third-order valence-electron chi connectivity index (χ3n) is 4.69. The van der Waals surface area contributed by atoms with Gasteiger partial charge in [-0.3, -0.25) is 24.9 Å². The first-order valence-corrected chi connectivity index (χ1v) is 11.0. The van der Waals surface area contributed by atoms with E-state index in [-0.39, 0.29) is 33.5 Å². The van der Waals surface area contributed by atoms with Crippen LogP contribution in [0.15, 0.2) is 71.6 Å². The fourth-order valence-electron chi connectivity index (χ4n) is 3.07. The number of aromatic nitrogens is 2. The van der Waals surface area contributed by atoms with Crippen molar-refractivity contribution in [3.05, 3.63) is 82.4 Å². The van der Waals surface area contributed by atoms with Gasteiger partial charge in [-0.15, -0.1) is 0 Å². The molecule has 3 aromatic carbocycles. The summed E-state index contributed by atoms with van der Waals surface area (Å²) in [6.45, 7) is 0. The number of ether oxygens (including phenoxy) is 1. The molecule has 12 heteroatoms. The summed E-state index contributed by atoms with van der Waals surface area (Å²) in [7, 11) is -2.80. The average molecular weight is 467 g/mol. The number of hydrogen-bond acceptors (Lipinski definition) is 7. The fourth-order valence-corrected chi connectivity index (χ4v) is 4.13. The van der Waals surface area contributed by atoms with Crippen molar-refractivity contribution in [3.63, 3.8) is 0 Å². The summed E-state index contributed by atoms with van der Waals surface area (Å²) >= 11 is 0. The number of H-pyrrole nitrogens is 1. The number of anilines is 2. The summed E-state index contributed by atoms with van der Waals surface area (Å²) in [6, 6.07) is 16.0. The monoisotopic (exact) mass is 467 g/mol. The Hall–Kier alpha value is -4.45. The van der Waals surface area contributed by atoms with E-state index in [2.05, 4.69) is 20.0 Å². The van der Waals surface area contributed by atoms with Gasteiger partial charge in [0.1, 0.15) is 5.75 Å². The molecule has 1 aromatic heterocycles. The predicted molar refractivity (Wildman–Crippen MR) is 121 cm³/mol. The van der Waals surface area contributed by atoms with Gasteiger partial charge in [0, 0.05) is 17.7 Å². The molecule has 1 amide bonds. The van der Waals surface area contributed by atoms with E-state index in [4.69, 9.17) is 4.74 Å².